The number of hydrogen-bond acceptors (Lipinski definition) is 4. The summed E-state index contributed by atoms with van der Waals surface area (Å²) < 4.78 is 11.7. The van der Waals surface area contributed by atoms with E-state index in [2.05, 4.69) is 33.5 Å². The van der Waals surface area contributed by atoms with Gasteiger partial charge in [0, 0.05) is 5.70 Å². The smallest absolute Gasteiger partial charge is 0.338 e. The van der Waals surface area contributed by atoms with E-state index in [0.29, 0.717) is 23.9 Å². The monoisotopic (exact) mass is 426 g/mol. The van der Waals surface area contributed by atoms with E-state index < -0.39 is 0 Å². The minimum Gasteiger partial charge on any atom is -0.493 e. The van der Waals surface area contributed by atoms with Gasteiger partial charge in [-0.2, -0.15) is 0 Å². The Morgan fingerprint density at radius 1 is 1.28 bits per heavy atom. The van der Waals surface area contributed by atoms with Crippen molar-refractivity contribution in [2.24, 2.45) is 0 Å². The molecule has 5 nitrogen and oxygen atoms in total. The van der Waals surface area contributed by atoms with Gasteiger partial charge in [-0.1, -0.05) is 19.4 Å². The fourth-order valence-corrected chi connectivity index (χ4v) is 3.49. The van der Waals surface area contributed by atoms with Crippen LogP contribution in [-0.2, 0) is 9.53 Å². The van der Waals surface area contributed by atoms with Crippen LogP contribution >= 0.6 is 28.1 Å². The Morgan fingerprint density at radius 2 is 2.04 bits per heavy atom. The number of esters is 1. The van der Waals surface area contributed by atoms with Crippen molar-refractivity contribution >= 4 is 39.2 Å². The molecule has 0 fully saturated rings. The second-order valence-corrected chi connectivity index (χ2v) is 6.78. The van der Waals surface area contributed by atoms with Gasteiger partial charge in [-0.25, -0.2) is 4.79 Å². The largest absolute Gasteiger partial charge is 0.493 e. The van der Waals surface area contributed by atoms with Gasteiger partial charge in [0.15, 0.2) is 5.11 Å². The van der Waals surface area contributed by atoms with E-state index in [4.69, 9.17) is 21.7 Å². The predicted octanol–water partition coefficient (Wildman–Crippen LogP) is 3.98. The number of thiocarbonyl (C=S) groups is 1. The first-order chi connectivity index (χ1) is 12.0. The minimum absolute atomic E-state index is 0.325. The Morgan fingerprint density at radius 3 is 2.64 bits per heavy atom. The highest BCUT2D eigenvalue weighted by Gasteiger charge is 2.32. The minimum atomic E-state index is -0.360. The zero-order valence-electron chi connectivity index (χ0n) is 14.6. The summed E-state index contributed by atoms with van der Waals surface area (Å²) in [5.74, 6) is 0.432. The summed E-state index contributed by atoms with van der Waals surface area (Å²) in [4.78, 5) is 12.6. The van der Waals surface area contributed by atoms with Crippen LogP contribution in [0.4, 0.5) is 0 Å². The molecule has 0 aliphatic carbocycles. The highest BCUT2D eigenvalue weighted by atomic mass is 79.9. The van der Waals surface area contributed by atoms with Gasteiger partial charge >= 0.3 is 5.97 Å². The Labute approximate surface area is 162 Å². The van der Waals surface area contributed by atoms with Crippen LogP contribution in [0.25, 0.3) is 0 Å². The molecule has 0 amide bonds. The van der Waals surface area contributed by atoms with E-state index in [-0.39, 0.29) is 12.0 Å². The normalized spacial score (nSPS) is 17.0. The first kappa shape index (κ1) is 19.7. The number of hydrogen-bond donors (Lipinski definition) is 2. The van der Waals surface area contributed by atoms with Crippen LogP contribution in [0.1, 0.15) is 45.2 Å². The van der Waals surface area contributed by atoms with Crippen molar-refractivity contribution < 1.29 is 14.3 Å². The van der Waals surface area contributed by atoms with E-state index in [1.165, 1.54) is 0 Å². The Balaban J connectivity index is 2.47. The van der Waals surface area contributed by atoms with Crippen LogP contribution in [0.3, 0.4) is 0 Å². The number of rotatable bonds is 7. The fourth-order valence-electron chi connectivity index (χ4n) is 2.73. The van der Waals surface area contributed by atoms with Gasteiger partial charge in [0.2, 0.25) is 0 Å². The van der Waals surface area contributed by atoms with Crippen LogP contribution in [0.5, 0.6) is 5.75 Å². The van der Waals surface area contributed by atoms with Gasteiger partial charge < -0.3 is 20.1 Å². The third-order valence-corrected chi connectivity index (χ3v) is 4.58. The molecule has 0 saturated carbocycles. The molecule has 0 aromatic heterocycles. The lowest BCUT2D eigenvalue weighted by Gasteiger charge is -2.31. The lowest BCUT2D eigenvalue weighted by atomic mass is 9.94. The lowest BCUT2D eigenvalue weighted by Crippen LogP contribution is -2.45. The molecule has 0 spiro atoms. The second kappa shape index (κ2) is 9.20. The van der Waals surface area contributed by atoms with E-state index in [1.807, 2.05) is 25.1 Å². The molecular weight excluding hydrogens is 404 g/mol. The standard InChI is InChI=1S/C18H23BrN2O3S/c1-4-7-13-15(17(22)24-6-3)16(21-18(25)20-13)11-8-9-14(23-5-2)12(19)10-11/h8-10,16H,4-7H2,1-3H3,(H2,20,21,25)/t16-/m1/s1. The molecule has 7 heteroatoms. The van der Waals surface area contributed by atoms with Crippen molar-refractivity contribution in [3.63, 3.8) is 0 Å². The van der Waals surface area contributed by atoms with Crippen molar-refractivity contribution in [1.29, 1.82) is 0 Å². The summed E-state index contributed by atoms with van der Waals surface area (Å²) >= 11 is 8.86. The molecule has 1 aromatic carbocycles. The first-order valence-electron chi connectivity index (χ1n) is 8.41. The molecule has 25 heavy (non-hydrogen) atoms. The number of carbonyl (C=O) groups is 1. The summed E-state index contributed by atoms with van der Waals surface area (Å²) in [5, 5.41) is 6.81. The Hall–Kier alpha value is -1.60. The molecular formula is C18H23BrN2O3S. The summed E-state index contributed by atoms with van der Waals surface area (Å²) in [6.45, 7) is 6.71. The average Bonchev–Trinajstić information content (AvgIpc) is 2.56. The maximum atomic E-state index is 12.6. The van der Waals surface area contributed by atoms with Gasteiger partial charge in [-0.3, -0.25) is 0 Å². The number of benzene rings is 1. The first-order valence-corrected chi connectivity index (χ1v) is 9.61. The SMILES string of the molecule is CCCC1=C(C(=O)OCC)[C@@H](c2ccc(OCC)c(Br)c2)NC(=S)N1. The number of carbonyl (C=O) groups excluding carboxylic acids is 1. The third kappa shape index (κ3) is 4.73. The molecule has 0 unspecified atom stereocenters. The fraction of sp³-hybridized carbons (Fsp3) is 0.444. The molecule has 0 saturated heterocycles. The summed E-state index contributed by atoms with van der Waals surface area (Å²) in [7, 11) is 0. The highest BCUT2D eigenvalue weighted by molar-refractivity contribution is 9.10. The van der Waals surface area contributed by atoms with Gasteiger partial charge in [0.1, 0.15) is 5.75 Å². The molecule has 1 aliphatic heterocycles. The van der Waals surface area contributed by atoms with Gasteiger partial charge in [-0.15, -0.1) is 0 Å². The molecule has 2 rings (SSSR count). The van der Waals surface area contributed by atoms with Crippen LogP contribution in [0, 0.1) is 0 Å². The molecule has 136 valence electrons. The van der Waals surface area contributed by atoms with Crippen molar-refractivity contribution in [1.82, 2.24) is 10.6 Å². The number of ether oxygens (including phenoxy) is 2. The zero-order chi connectivity index (χ0) is 18.4. The van der Waals surface area contributed by atoms with Gasteiger partial charge in [-0.05, 0) is 66.1 Å². The van der Waals surface area contributed by atoms with E-state index in [1.54, 1.807) is 6.92 Å². The van der Waals surface area contributed by atoms with Gasteiger partial charge in [0.25, 0.3) is 0 Å². The molecule has 0 radical (unpaired) electrons. The summed E-state index contributed by atoms with van der Waals surface area (Å²) in [5.41, 5.74) is 2.31. The summed E-state index contributed by atoms with van der Waals surface area (Å²) in [6.07, 6.45) is 1.62. The van der Waals surface area contributed by atoms with Crippen molar-refractivity contribution in [2.45, 2.75) is 39.7 Å². The number of nitrogens with one attached hydrogen (secondary N) is 2. The summed E-state index contributed by atoms with van der Waals surface area (Å²) in [6, 6.07) is 5.41. The van der Waals surface area contributed by atoms with Crippen LogP contribution in [0.15, 0.2) is 33.9 Å². The quantitative estimate of drug-likeness (QED) is 0.507. The predicted molar refractivity (Wildman–Crippen MR) is 105 cm³/mol. The Kier molecular flexibility index (Phi) is 7.25. The van der Waals surface area contributed by atoms with E-state index in [9.17, 15) is 4.79 Å². The van der Waals surface area contributed by atoms with Crippen LogP contribution in [-0.4, -0.2) is 24.3 Å². The molecule has 1 atom stereocenters. The van der Waals surface area contributed by atoms with Crippen molar-refractivity contribution in [3.8, 4) is 5.75 Å². The molecule has 1 heterocycles. The molecule has 0 bridgehead atoms. The van der Waals surface area contributed by atoms with Crippen molar-refractivity contribution in [3.05, 3.63) is 39.5 Å². The maximum absolute atomic E-state index is 12.6. The maximum Gasteiger partial charge on any atom is 0.338 e. The van der Waals surface area contributed by atoms with Gasteiger partial charge in [0.05, 0.1) is 29.3 Å². The average molecular weight is 427 g/mol. The molecule has 1 aromatic rings. The molecule has 2 N–H and O–H groups in total. The number of halogens is 1. The molecule has 1 aliphatic rings. The van der Waals surface area contributed by atoms with E-state index in [0.717, 1.165) is 34.3 Å². The highest BCUT2D eigenvalue weighted by Crippen LogP contribution is 2.34. The lowest BCUT2D eigenvalue weighted by molar-refractivity contribution is -0.139. The zero-order valence-corrected chi connectivity index (χ0v) is 17.1. The van der Waals surface area contributed by atoms with Crippen LogP contribution < -0.4 is 15.4 Å². The van der Waals surface area contributed by atoms with Crippen LogP contribution in [0.2, 0.25) is 0 Å². The van der Waals surface area contributed by atoms with Crippen molar-refractivity contribution in [2.75, 3.05) is 13.2 Å². The van der Waals surface area contributed by atoms with E-state index >= 15 is 0 Å². The second-order valence-electron chi connectivity index (χ2n) is 5.52. The third-order valence-electron chi connectivity index (χ3n) is 3.74. The number of allylic oxidation sites excluding steroid dienone is 1. The Bertz CT molecular complexity index is 691. The topological polar surface area (TPSA) is 59.6 Å².